The lowest BCUT2D eigenvalue weighted by molar-refractivity contribution is 0.259. The van der Waals surface area contributed by atoms with Crippen LogP contribution in [0.15, 0.2) is 23.0 Å². The number of hydrogen-bond acceptors (Lipinski definition) is 3. The summed E-state index contributed by atoms with van der Waals surface area (Å²) >= 11 is 0. The summed E-state index contributed by atoms with van der Waals surface area (Å²) in [4.78, 5) is 2.28. The average molecular weight is 182 g/mol. The second-order valence-electron chi connectivity index (χ2n) is 3.36. The van der Waals surface area contributed by atoms with E-state index in [1.807, 2.05) is 6.07 Å². The molecule has 3 heteroatoms. The fourth-order valence-corrected chi connectivity index (χ4v) is 1.30. The average Bonchev–Trinajstić information content (AvgIpc) is 2.65. The van der Waals surface area contributed by atoms with Crippen LogP contribution in [0.2, 0.25) is 0 Å². The molecular weight excluding hydrogens is 164 g/mol. The maximum absolute atomic E-state index is 5.45. The molecule has 1 unspecified atom stereocenters. The molecule has 0 aromatic carbocycles. The van der Waals surface area contributed by atoms with Gasteiger partial charge in [0.05, 0.1) is 12.5 Å². The lowest BCUT2D eigenvalue weighted by Gasteiger charge is -2.23. The Kier molecular flexibility index (Phi) is 3.99. The van der Waals surface area contributed by atoms with Crippen LogP contribution in [0.4, 0.5) is 0 Å². The Hall–Kier alpha value is -0.800. The van der Waals surface area contributed by atoms with Crippen molar-refractivity contribution in [3.8, 4) is 0 Å². The minimum atomic E-state index is 0.408. The number of nitrogens with zero attached hydrogens (tertiary/aromatic N) is 1. The van der Waals surface area contributed by atoms with Gasteiger partial charge in [-0.05, 0) is 39.5 Å². The Morgan fingerprint density at radius 3 is 2.92 bits per heavy atom. The van der Waals surface area contributed by atoms with Crippen molar-refractivity contribution >= 4 is 0 Å². The summed E-state index contributed by atoms with van der Waals surface area (Å²) in [7, 11) is 2.10. The van der Waals surface area contributed by atoms with Crippen LogP contribution in [0.1, 0.15) is 24.9 Å². The highest BCUT2D eigenvalue weighted by atomic mass is 16.3. The Bertz CT molecular complexity index is 221. The van der Waals surface area contributed by atoms with Gasteiger partial charge in [0, 0.05) is 11.6 Å². The van der Waals surface area contributed by atoms with Gasteiger partial charge in [0.1, 0.15) is 0 Å². The van der Waals surface area contributed by atoms with Gasteiger partial charge in [0.15, 0.2) is 0 Å². The van der Waals surface area contributed by atoms with E-state index in [2.05, 4.69) is 18.9 Å². The molecule has 0 saturated carbocycles. The summed E-state index contributed by atoms with van der Waals surface area (Å²) in [5.41, 5.74) is 6.67. The highest BCUT2D eigenvalue weighted by molar-refractivity contribution is 5.10. The molecule has 0 aliphatic carbocycles. The van der Waals surface area contributed by atoms with Gasteiger partial charge in [-0.3, -0.25) is 4.90 Å². The highest BCUT2D eigenvalue weighted by Gasteiger charge is 2.11. The molecule has 2 N–H and O–H groups in total. The molecule has 0 bridgehead atoms. The Morgan fingerprint density at radius 1 is 1.62 bits per heavy atom. The van der Waals surface area contributed by atoms with Gasteiger partial charge in [-0.1, -0.05) is 0 Å². The van der Waals surface area contributed by atoms with Gasteiger partial charge < -0.3 is 10.2 Å². The topological polar surface area (TPSA) is 42.4 Å². The molecule has 13 heavy (non-hydrogen) atoms. The Balaban J connectivity index is 2.43. The minimum absolute atomic E-state index is 0.408. The quantitative estimate of drug-likeness (QED) is 0.752. The van der Waals surface area contributed by atoms with E-state index in [1.54, 1.807) is 12.5 Å². The third kappa shape index (κ3) is 2.86. The molecule has 0 fully saturated rings. The van der Waals surface area contributed by atoms with Gasteiger partial charge in [0.25, 0.3) is 0 Å². The monoisotopic (exact) mass is 182 g/mol. The van der Waals surface area contributed by atoms with E-state index in [9.17, 15) is 0 Å². The van der Waals surface area contributed by atoms with Crippen molar-refractivity contribution < 1.29 is 4.42 Å². The predicted molar refractivity (Wildman–Crippen MR) is 53.4 cm³/mol. The van der Waals surface area contributed by atoms with E-state index in [0.717, 1.165) is 19.5 Å². The Morgan fingerprint density at radius 2 is 2.38 bits per heavy atom. The first kappa shape index (κ1) is 10.3. The summed E-state index contributed by atoms with van der Waals surface area (Å²) in [6.07, 6.45) is 4.55. The predicted octanol–water partition coefficient (Wildman–Crippen LogP) is 1.62. The van der Waals surface area contributed by atoms with E-state index in [-0.39, 0.29) is 0 Å². The molecule has 0 aliphatic rings. The van der Waals surface area contributed by atoms with Crippen LogP contribution in [-0.4, -0.2) is 25.0 Å². The van der Waals surface area contributed by atoms with Crippen molar-refractivity contribution in [1.82, 2.24) is 4.90 Å². The molecule has 1 heterocycles. The van der Waals surface area contributed by atoms with Gasteiger partial charge in [-0.15, -0.1) is 0 Å². The van der Waals surface area contributed by atoms with Crippen LogP contribution in [0, 0.1) is 0 Å². The number of rotatable bonds is 5. The van der Waals surface area contributed by atoms with Crippen LogP contribution in [-0.2, 0) is 0 Å². The molecule has 0 aliphatic heterocycles. The maximum Gasteiger partial charge on any atom is 0.0950 e. The van der Waals surface area contributed by atoms with Gasteiger partial charge >= 0.3 is 0 Å². The number of hydrogen-bond donors (Lipinski definition) is 1. The first-order chi connectivity index (χ1) is 6.25. The smallest absolute Gasteiger partial charge is 0.0950 e. The SMILES string of the molecule is CC(c1ccoc1)N(C)CCCN. The summed E-state index contributed by atoms with van der Waals surface area (Å²) < 4.78 is 5.04. The van der Waals surface area contributed by atoms with Crippen molar-refractivity contribution in [3.05, 3.63) is 24.2 Å². The third-order valence-electron chi connectivity index (χ3n) is 2.40. The van der Waals surface area contributed by atoms with Crippen molar-refractivity contribution in [2.24, 2.45) is 5.73 Å². The van der Waals surface area contributed by atoms with E-state index in [4.69, 9.17) is 10.2 Å². The lowest BCUT2D eigenvalue weighted by Crippen LogP contribution is -2.24. The Labute approximate surface area is 79.5 Å². The zero-order chi connectivity index (χ0) is 9.68. The standard InChI is InChI=1S/C10H18N2O/c1-9(10-4-7-13-8-10)12(2)6-3-5-11/h4,7-9H,3,5-6,11H2,1-2H3. The van der Waals surface area contributed by atoms with Crippen molar-refractivity contribution in [3.63, 3.8) is 0 Å². The third-order valence-corrected chi connectivity index (χ3v) is 2.40. The molecule has 1 aromatic rings. The van der Waals surface area contributed by atoms with E-state index >= 15 is 0 Å². The molecule has 1 atom stereocenters. The second-order valence-corrected chi connectivity index (χ2v) is 3.36. The summed E-state index contributed by atoms with van der Waals surface area (Å²) in [6, 6.07) is 2.41. The minimum Gasteiger partial charge on any atom is -0.472 e. The van der Waals surface area contributed by atoms with E-state index in [0.29, 0.717) is 6.04 Å². The van der Waals surface area contributed by atoms with Crippen molar-refractivity contribution in [2.45, 2.75) is 19.4 Å². The molecule has 3 nitrogen and oxygen atoms in total. The van der Waals surface area contributed by atoms with E-state index < -0.39 is 0 Å². The fraction of sp³-hybridized carbons (Fsp3) is 0.600. The van der Waals surface area contributed by atoms with Crippen LogP contribution < -0.4 is 5.73 Å². The molecule has 1 rings (SSSR count). The highest BCUT2D eigenvalue weighted by Crippen LogP contribution is 2.18. The number of nitrogens with two attached hydrogens (primary N) is 1. The molecule has 0 spiro atoms. The maximum atomic E-state index is 5.45. The normalized spacial score (nSPS) is 13.5. The van der Waals surface area contributed by atoms with Crippen LogP contribution in [0.25, 0.3) is 0 Å². The van der Waals surface area contributed by atoms with Gasteiger partial charge in [0.2, 0.25) is 0 Å². The molecule has 0 saturated heterocycles. The van der Waals surface area contributed by atoms with Crippen molar-refractivity contribution in [1.29, 1.82) is 0 Å². The molecule has 74 valence electrons. The van der Waals surface area contributed by atoms with Gasteiger partial charge in [-0.2, -0.15) is 0 Å². The molecule has 1 aromatic heterocycles. The summed E-state index contributed by atoms with van der Waals surface area (Å²) in [5, 5.41) is 0. The summed E-state index contributed by atoms with van der Waals surface area (Å²) in [5.74, 6) is 0. The fourth-order valence-electron chi connectivity index (χ4n) is 1.30. The first-order valence-corrected chi connectivity index (χ1v) is 4.68. The second kappa shape index (κ2) is 5.04. The van der Waals surface area contributed by atoms with Gasteiger partial charge in [-0.25, -0.2) is 0 Å². The van der Waals surface area contributed by atoms with Crippen LogP contribution in [0.5, 0.6) is 0 Å². The van der Waals surface area contributed by atoms with Crippen molar-refractivity contribution in [2.75, 3.05) is 20.1 Å². The number of furan rings is 1. The van der Waals surface area contributed by atoms with E-state index in [1.165, 1.54) is 5.56 Å². The zero-order valence-electron chi connectivity index (χ0n) is 8.36. The van der Waals surface area contributed by atoms with Crippen LogP contribution in [0.3, 0.4) is 0 Å². The molecule has 0 radical (unpaired) electrons. The summed E-state index contributed by atoms with van der Waals surface area (Å²) in [6.45, 7) is 3.95. The van der Waals surface area contributed by atoms with Crippen LogP contribution >= 0.6 is 0 Å². The zero-order valence-corrected chi connectivity index (χ0v) is 8.36. The largest absolute Gasteiger partial charge is 0.472 e. The first-order valence-electron chi connectivity index (χ1n) is 4.68. The molecular formula is C10H18N2O. The molecule has 0 amide bonds. The lowest BCUT2D eigenvalue weighted by atomic mass is 10.1.